The molecule has 1 atom stereocenters. The Morgan fingerprint density at radius 3 is 2.44 bits per heavy atom. The van der Waals surface area contributed by atoms with Gasteiger partial charge in [-0.15, -0.1) is 0 Å². The summed E-state index contributed by atoms with van der Waals surface area (Å²) in [5.41, 5.74) is 0.556. The predicted molar refractivity (Wildman–Crippen MR) is 40.5 cm³/mol. The van der Waals surface area contributed by atoms with Crippen molar-refractivity contribution >= 4 is 0 Å². The van der Waals surface area contributed by atoms with Gasteiger partial charge in [-0.05, 0) is 18.3 Å². The van der Waals surface area contributed by atoms with Crippen molar-refractivity contribution in [2.45, 2.75) is 39.7 Å². The molecule has 1 aliphatic rings. The van der Waals surface area contributed by atoms with E-state index in [0.717, 1.165) is 6.04 Å². The minimum atomic E-state index is 0.556. The standard InChI is InChI=1S/C8H17N/c1-4-7-5-8(2,3)6-9-7/h7,9H,4-6H2,1-3H3/t7-/m0/s1. The highest BCUT2D eigenvalue weighted by Gasteiger charge is 2.28. The minimum absolute atomic E-state index is 0.556. The minimum Gasteiger partial charge on any atom is -0.313 e. The third-order valence-electron chi connectivity index (χ3n) is 2.16. The lowest BCUT2D eigenvalue weighted by molar-refractivity contribution is 0.400. The molecule has 0 amide bonds. The second kappa shape index (κ2) is 2.30. The average molecular weight is 127 g/mol. The molecule has 1 N–H and O–H groups in total. The van der Waals surface area contributed by atoms with Gasteiger partial charge in [-0.1, -0.05) is 20.8 Å². The smallest absolute Gasteiger partial charge is 0.00702 e. The van der Waals surface area contributed by atoms with E-state index < -0.39 is 0 Å². The Bertz CT molecular complexity index is 96.7. The molecule has 0 unspecified atom stereocenters. The van der Waals surface area contributed by atoms with Gasteiger partial charge in [0.05, 0.1) is 0 Å². The van der Waals surface area contributed by atoms with Crippen LogP contribution in [0.5, 0.6) is 0 Å². The molecule has 9 heavy (non-hydrogen) atoms. The molecule has 1 aliphatic heterocycles. The summed E-state index contributed by atoms with van der Waals surface area (Å²) in [4.78, 5) is 0. The summed E-state index contributed by atoms with van der Waals surface area (Å²) in [5, 5.41) is 3.50. The van der Waals surface area contributed by atoms with Gasteiger partial charge in [0, 0.05) is 12.6 Å². The second-order valence-electron chi connectivity index (χ2n) is 3.85. The molecule has 54 valence electrons. The normalized spacial score (nSPS) is 33.0. The highest BCUT2D eigenvalue weighted by atomic mass is 15.0. The van der Waals surface area contributed by atoms with E-state index in [1.54, 1.807) is 0 Å². The second-order valence-corrected chi connectivity index (χ2v) is 3.85. The molecular weight excluding hydrogens is 110 g/mol. The lowest BCUT2D eigenvalue weighted by Gasteiger charge is -2.14. The fourth-order valence-corrected chi connectivity index (χ4v) is 1.52. The lowest BCUT2D eigenvalue weighted by Crippen LogP contribution is -2.20. The van der Waals surface area contributed by atoms with Crippen LogP contribution in [0.1, 0.15) is 33.6 Å². The molecule has 1 fully saturated rings. The van der Waals surface area contributed by atoms with Crippen LogP contribution < -0.4 is 5.32 Å². The largest absolute Gasteiger partial charge is 0.313 e. The van der Waals surface area contributed by atoms with Gasteiger partial charge in [0.15, 0.2) is 0 Å². The molecule has 1 nitrogen and oxygen atoms in total. The van der Waals surface area contributed by atoms with E-state index in [2.05, 4.69) is 26.1 Å². The van der Waals surface area contributed by atoms with E-state index in [1.165, 1.54) is 19.4 Å². The fourth-order valence-electron chi connectivity index (χ4n) is 1.52. The number of nitrogens with one attached hydrogen (secondary N) is 1. The van der Waals surface area contributed by atoms with Crippen molar-refractivity contribution in [3.05, 3.63) is 0 Å². The summed E-state index contributed by atoms with van der Waals surface area (Å²) in [6.07, 6.45) is 2.63. The number of rotatable bonds is 1. The van der Waals surface area contributed by atoms with Crippen molar-refractivity contribution in [2.75, 3.05) is 6.54 Å². The molecule has 0 radical (unpaired) electrons. The van der Waals surface area contributed by atoms with Gasteiger partial charge in [-0.2, -0.15) is 0 Å². The van der Waals surface area contributed by atoms with E-state index in [1.807, 2.05) is 0 Å². The first kappa shape index (κ1) is 7.07. The fraction of sp³-hybridized carbons (Fsp3) is 1.00. The zero-order valence-corrected chi connectivity index (χ0v) is 6.70. The van der Waals surface area contributed by atoms with Crippen LogP contribution >= 0.6 is 0 Å². The summed E-state index contributed by atoms with van der Waals surface area (Å²) in [7, 11) is 0. The van der Waals surface area contributed by atoms with Crippen molar-refractivity contribution in [3.8, 4) is 0 Å². The predicted octanol–water partition coefficient (Wildman–Crippen LogP) is 1.78. The third-order valence-corrected chi connectivity index (χ3v) is 2.16. The SMILES string of the molecule is CC[C@H]1CC(C)(C)CN1. The van der Waals surface area contributed by atoms with Gasteiger partial charge in [0.25, 0.3) is 0 Å². The van der Waals surface area contributed by atoms with Crippen molar-refractivity contribution in [3.63, 3.8) is 0 Å². The summed E-state index contributed by atoms with van der Waals surface area (Å²) < 4.78 is 0. The summed E-state index contributed by atoms with van der Waals surface area (Å²) in [5.74, 6) is 0. The topological polar surface area (TPSA) is 12.0 Å². The zero-order valence-electron chi connectivity index (χ0n) is 6.70. The maximum atomic E-state index is 3.50. The van der Waals surface area contributed by atoms with Crippen molar-refractivity contribution in [1.29, 1.82) is 0 Å². The summed E-state index contributed by atoms with van der Waals surface area (Å²) >= 11 is 0. The van der Waals surface area contributed by atoms with Crippen LogP contribution in [0.15, 0.2) is 0 Å². The number of hydrogen-bond donors (Lipinski definition) is 1. The van der Waals surface area contributed by atoms with Crippen LogP contribution in [-0.4, -0.2) is 12.6 Å². The molecule has 0 aromatic heterocycles. The Morgan fingerprint density at radius 1 is 1.56 bits per heavy atom. The van der Waals surface area contributed by atoms with Gasteiger partial charge in [0.1, 0.15) is 0 Å². The van der Waals surface area contributed by atoms with Gasteiger partial charge in [0.2, 0.25) is 0 Å². The van der Waals surface area contributed by atoms with E-state index in [4.69, 9.17) is 0 Å². The summed E-state index contributed by atoms with van der Waals surface area (Å²) in [6.45, 7) is 8.11. The van der Waals surface area contributed by atoms with E-state index in [-0.39, 0.29) is 0 Å². The molecule has 0 bridgehead atoms. The molecule has 1 heteroatoms. The van der Waals surface area contributed by atoms with Gasteiger partial charge in [-0.3, -0.25) is 0 Å². The first-order valence-electron chi connectivity index (χ1n) is 3.87. The first-order valence-corrected chi connectivity index (χ1v) is 3.87. The van der Waals surface area contributed by atoms with Gasteiger partial charge >= 0.3 is 0 Å². The molecule has 0 saturated carbocycles. The summed E-state index contributed by atoms with van der Waals surface area (Å²) in [6, 6.07) is 0.792. The first-order chi connectivity index (χ1) is 4.14. The maximum Gasteiger partial charge on any atom is 0.00702 e. The van der Waals surface area contributed by atoms with Crippen molar-refractivity contribution in [2.24, 2.45) is 5.41 Å². The Labute approximate surface area is 57.8 Å². The molecule has 0 aromatic rings. The average Bonchev–Trinajstić information content (AvgIpc) is 2.10. The Hall–Kier alpha value is -0.0400. The Balaban J connectivity index is 2.38. The van der Waals surface area contributed by atoms with E-state index >= 15 is 0 Å². The highest BCUT2D eigenvalue weighted by Crippen LogP contribution is 2.27. The van der Waals surface area contributed by atoms with Crippen LogP contribution in [0, 0.1) is 5.41 Å². The quantitative estimate of drug-likeness (QED) is 0.566. The van der Waals surface area contributed by atoms with E-state index in [0.29, 0.717) is 5.41 Å². The van der Waals surface area contributed by atoms with Crippen molar-refractivity contribution < 1.29 is 0 Å². The molecule has 1 saturated heterocycles. The Kier molecular flexibility index (Phi) is 1.80. The van der Waals surface area contributed by atoms with Crippen LogP contribution in [0.2, 0.25) is 0 Å². The lowest BCUT2D eigenvalue weighted by atomic mass is 9.90. The Morgan fingerprint density at radius 2 is 2.22 bits per heavy atom. The van der Waals surface area contributed by atoms with E-state index in [9.17, 15) is 0 Å². The van der Waals surface area contributed by atoms with Crippen LogP contribution in [0.25, 0.3) is 0 Å². The van der Waals surface area contributed by atoms with Gasteiger partial charge in [-0.25, -0.2) is 0 Å². The molecule has 0 aromatic carbocycles. The van der Waals surface area contributed by atoms with Gasteiger partial charge < -0.3 is 5.32 Å². The van der Waals surface area contributed by atoms with Crippen LogP contribution in [0.3, 0.4) is 0 Å². The molecule has 0 aliphatic carbocycles. The van der Waals surface area contributed by atoms with Crippen LogP contribution in [-0.2, 0) is 0 Å². The zero-order chi connectivity index (χ0) is 6.91. The van der Waals surface area contributed by atoms with Crippen LogP contribution in [0.4, 0.5) is 0 Å². The molecule has 0 spiro atoms. The monoisotopic (exact) mass is 127 g/mol. The number of hydrogen-bond acceptors (Lipinski definition) is 1. The van der Waals surface area contributed by atoms with Crippen molar-refractivity contribution in [1.82, 2.24) is 5.32 Å². The maximum absolute atomic E-state index is 3.50. The third kappa shape index (κ3) is 1.68. The molecule has 1 rings (SSSR count). The molecular formula is C8H17N. The highest BCUT2D eigenvalue weighted by molar-refractivity contribution is 4.86. The molecule has 1 heterocycles.